The first kappa shape index (κ1) is 15.3. The molecule has 1 N–H and O–H groups in total. The standard InChI is InChI=1S/C14H22ClNO2/c1-11(2)9-16(6-7-18-3)14-8-13(15)5-4-12(14)10-17/h4-5,8,11,17H,6-7,9-10H2,1-3H3. The van der Waals surface area contributed by atoms with E-state index in [0.29, 0.717) is 17.5 Å². The fourth-order valence-electron chi connectivity index (χ4n) is 1.92. The molecule has 0 unspecified atom stereocenters. The molecule has 0 saturated heterocycles. The highest BCUT2D eigenvalue weighted by Crippen LogP contribution is 2.25. The molecule has 4 heteroatoms. The third-order valence-corrected chi connectivity index (χ3v) is 2.94. The van der Waals surface area contributed by atoms with Gasteiger partial charge in [0.05, 0.1) is 13.2 Å². The molecule has 0 aliphatic carbocycles. The molecule has 18 heavy (non-hydrogen) atoms. The van der Waals surface area contributed by atoms with Crippen molar-refractivity contribution in [3.63, 3.8) is 0 Å². The molecule has 0 heterocycles. The zero-order valence-corrected chi connectivity index (χ0v) is 12.1. The lowest BCUT2D eigenvalue weighted by Crippen LogP contribution is -2.31. The van der Waals surface area contributed by atoms with Crippen LogP contribution in [-0.2, 0) is 11.3 Å². The Morgan fingerprint density at radius 2 is 2.11 bits per heavy atom. The fourth-order valence-corrected chi connectivity index (χ4v) is 2.08. The molecule has 1 aromatic carbocycles. The van der Waals surface area contributed by atoms with Crippen LogP contribution in [0.4, 0.5) is 5.69 Å². The molecule has 0 aromatic heterocycles. The molecule has 0 spiro atoms. The van der Waals surface area contributed by atoms with E-state index in [1.165, 1.54) is 0 Å². The molecule has 0 bridgehead atoms. The van der Waals surface area contributed by atoms with Crippen molar-refractivity contribution in [2.75, 3.05) is 31.7 Å². The smallest absolute Gasteiger partial charge is 0.0702 e. The van der Waals surface area contributed by atoms with Crippen LogP contribution in [-0.4, -0.2) is 31.9 Å². The quantitative estimate of drug-likeness (QED) is 0.828. The third kappa shape index (κ3) is 4.48. The van der Waals surface area contributed by atoms with Gasteiger partial charge in [-0.3, -0.25) is 0 Å². The highest BCUT2D eigenvalue weighted by Gasteiger charge is 2.13. The summed E-state index contributed by atoms with van der Waals surface area (Å²) >= 11 is 6.05. The highest BCUT2D eigenvalue weighted by atomic mass is 35.5. The van der Waals surface area contributed by atoms with Gasteiger partial charge in [0, 0.05) is 36.5 Å². The molecule has 1 rings (SSSR count). The number of aliphatic hydroxyl groups is 1. The molecule has 0 saturated carbocycles. The Hall–Kier alpha value is -0.770. The van der Waals surface area contributed by atoms with E-state index in [-0.39, 0.29) is 6.61 Å². The molecular weight excluding hydrogens is 250 g/mol. The molecule has 0 amide bonds. The van der Waals surface area contributed by atoms with Crippen molar-refractivity contribution in [3.05, 3.63) is 28.8 Å². The molecule has 0 radical (unpaired) electrons. The molecule has 102 valence electrons. The van der Waals surface area contributed by atoms with Gasteiger partial charge in [0.1, 0.15) is 0 Å². The summed E-state index contributed by atoms with van der Waals surface area (Å²) in [5, 5.41) is 10.1. The van der Waals surface area contributed by atoms with Crippen LogP contribution in [0.5, 0.6) is 0 Å². The predicted octanol–water partition coefficient (Wildman–Crippen LogP) is 2.94. The van der Waals surface area contributed by atoms with Crippen molar-refractivity contribution in [3.8, 4) is 0 Å². The Morgan fingerprint density at radius 3 is 2.67 bits per heavy atom. The second-order valence-electron chi connectivity index (χ2n) is 4.76. The highest BCUT2D eigenvalue weighted by molar-refractivity contribution is 6.30. The Kier molecular flexibility index (Phi) is 6.47. The number of methoxy groups -OCH3 is 1. The van der Waals surface area contributed by atoms with Crippen LogP contribution < -0.4 is 4.90 Å². The Balaban J connectivity index is 2.98. The lowest BCUT2D eigenvalue weighted by atomic mass is 10.1. The van der Waals surface area contributed by atoms with Crippen LogP contribution in [0.1, 0.15) is 19.4 Å². The van der Waals surface area contributed by atoms with Gasteiger partial charge in [-0.1, -0.05) is 31.5 Å². The number of aliphatic hydroxyl groups excluding tert-OH is 1. The van der Waals surface area contributed by atoms with Gasteiger partial charge < -0.3 is 14.7 Å². The summed E-state index contributed by atoms with van der Waals surface area (Å²) in [4.78, 5) is 2.21. The van der Waals surface area contributed by atoms with Crippen LogP contribution in [0, 0.1) is 5.92 Å². The predicted molar refractivity (Wildman–Crippen MR) is 76.3 cm³/mol. The van der Waals surface area contributed by atoms with Crippen molar-refractivity contribution < 1.29 is 9.84 Å². The number of hydrogen-bond donors (Lipinski definition) is 1. The van der Waals surface area contributed by atoms with Crippen LogP contribution >= 0.6 is 11.6 Å². The first-order valence-corrected chi connectivity index (χ1v) is 6.59. The fraction of sp³-hybridized carbons (Fsp3) is 0.571. The SMILES string of the molecule is COCCN(CC(C)C)c1cc(Cl)ccc1CO. The molecule has 1 aromatic rings. The summed E-state index contributed by atoms with van der Waals surface area (Å²) < 4.78 is 5.14. The first-order valence-electron chi connectivity index (χ1n) is 6.21. The molecule has 0 fully saturated rings. The van der Waals surface area contributed by atoms with Crippen molar-refractivity contribution in [1.82, 2.24) is 0 Å². The van der Waals surface area contributed by atoms with E-state index < -0.39 is 0 Å². The van der Waals surface area contributed by atoms with Gasteiger partial charge in [-0.15, -0.1) is 0 Å². The van der Waals surface area contributed by atoms with Gasteiger partial charge >= 0.3 is 0 Å². The molecule has 0 aliphatic rings. The summed E-state index contributed by atoms with van der Waals surface area (Å²) in [7, 11) is 1.69. The first-order chi connectivity index (χ1) is 8.58. The van der Waals surface area contributed by atoms with Gasteiger partial charge in [-0.05, 0) is 18.1 Å². The van der Waals surface area contributed by atoms with Crippen LogP contribution in [0.2, 0.25) is 5.02 Å². The zero-order valence-electron chi connectivity index (χ0n) is 11.3. The average Bonchev–Trinajstić information content (AvgIpc) is 2.34. The molecule has 0 aliphatic heterocycles. The number of halogens is 1. The second kappa shape index (κ2) is 7.62. The van der Waals surface area contributed by atoms with E-state index in [1.54, 1.807) is 13.2 Å². The van der Waals surface area contributed by atoms with Gasteiger partial charge in [-0.25, -0.2) is 0 Å². The van der Waals surface area contributed by atoms with E-state index in [0.717, 1.165) is 24.3 Å². The van der Waals surface area contributed by atoms with Crippen molar-refractivity contribution in [1.29, 1.82) is 0 Å². The summed E-state index contributed by atoms with van der Waals surface area (Å²) in [5.41, 5.74) is 1.90. The van der Waals surface area contributed by atoms with Crippen molar-refractivity contribution in [2.45, 2.75) is 20.5 Å². The number of rotatable bonds is 7. The van der Waals surface area contributed by atoms with Crippen LogP contribution in [0.3, 0.4) is 0 Å². The van der Waals surface area contributed by atoms with Gasteiger partial charge in [0.25, 0.3) is 0 Å². The maximum atomic E-state index is 9.42. The van der Waals surface area contributed by atoms with Crippen LogP contribution in [0.15, 0.2) is 18.2 Å². The molecule has 0 atom stereocenters. The zero-order chi connectivity index (χ0) is 13.5. The normalized spacial score (nSPS) is 11.0. The Morgan fingerprint density at radius 1 is 1.39 bits per heavy atom. The largest absolute Gasteiger partial charge is 0.392 e. The summed E-state index contributed by atoms with van der Waals surface area (Å²) in [6.07, 6.45) is 0. The van der Waals surface area contributed by atoms with Gasteiger partial charge in [0.2, 0.25) is 0 Å². The number of hydrogen-bond acceptors (Lipinski definition) is 3. The van der Waals surface area contributed by atoms with E-state index in [4.69, 9.17) is 16.3 Å². The number of nitrogens with zero attached hydrogens (tertiary/aromatic N) is 1. The minimum Gasteiger partial charge on any atom is -0.392 e. The topological polar surface area (TPSA) is 32.7 Å². The van der Waals surface area contributed by atoms with Gasteiger partial charge in [-0.2, -0.15) is 0 Å². The van der Waals surface area contributed by atoms with E-state index in [1.807, 2.05) is 12.1 Å². The number of ether oxygens (including phenoxy) is 1. The summed E-state index contributed by atoms with van der Waals surface area (Å²) in [6, 6.07) is 5.59. The van der Waals surface area contributed by atoms with E-state index >= 15 is 0 Å². The number of benzene rings is 1. The van der Waals surface area contributed by atoms with Crippen LogP contribution in [0.25, 0.3) is 0 Å². The average molecular weight is 272 g/mol. The molecule has 3 nitrogen and oxygen atoms in total. The van der Waals surface area contributed by atoms with E-state index in [9.17, 15) is 5.11 Å². The third-order valence-electron chi connectivity index (χ3n) is 2.71. The van der Waals surface area contributed by atoms with E-state index in [2.05, 4.69) is 18.7 Å². The Labute approximate surface area is 114 Å². The maximum absolute atomic E-state index is 9.42. The monoisotopic (exact) mass is 271 g/mol. The lowest BCUT2D eigenvalue weighted by Gasteiger charge is -2.28. The summed E-state index contributed by atoms with van der Waals surface area (Å²) in [5.74, 6) is 0.535. The lowest BCUT2D eigenvalue weighted by molar-refractivity contribution is 0.204. The van der Waals surface area contributed by atoms with Gasteiger partial charge in [0.15, 0.2) is 0 Å². The molecular formula is C14H22ClNO2. The Bertz CT molecular complexity index is 369. The number of anilines is 1. The minimum atomic E-state index is 0.0219. The minimum absolute atomic E-state index is 0.0219. The second-order valence-corrected chi connectivity index (χ2v) is 5.20. The summed E-state index contributed by atoms with van der Waals surface area (Å²) in [6.45, 7) is 6.73. The van der Waals surface area contributed by atoms with Crippen molar-refractivity contribution >= 4 is 17.3 Å². The maximum Gasteiger partial charge on any atom is 0.0702 e. The van der Waals surface area contributed by atoms with Crippen molar-refractivity contribution in [2.24, 2.45) is 5.92 Å².